The number of anilines is 2. The largest absolute Gasteiger partial charge is 0.478 e. The molecule has 4 rings (SSSR count). The van der Waals surface area contributed by atoms with Gasteiger partial charge in [-0.15, -0.1) is 0 Å². The minimum atomic E-state index is -4.70. The molecular formula is C23H14ClF4NO3. The molecule has 0 saturated carbocycles. The molecule has 3 aromatic carbocycles. The Morgan fingerprint density at radius 1 is 1.03 bits per heavy atom. The maximum atomic E-state index is 14.8. The number of amides is 1. The third-order valence-corrected chi connectivity index (χ3v) is 5.70. The standard InChI is InChI=1S/C23H14ClF4NO3/c24-17-4-1-3-16(23(26,27)28)14(17)11-15-20-18(25)5-2-6-19(20)29(21(15)30)13-9-7-12(8-10-13)22(31)32/h1-10,15H,11H2,(H,31,32). The van der Waals surface area contributed by atoms with Gasteiger partial charge in [-0.2, -0.15) is 13.2 Å². The van der Waals surface area contributed by atoms with Crippen molar-refractivity contribution in [1.82, 2.24) is 0 Å². The minimum Gasteiger partial charge on any atom is -0.478 e. The molecule has 164 valence electrons. The fourth-order valence-corrected chi connectivity index (χ4v) is 4.16. The zero-order valence-corrected chi connectivity index (χ0v) is 16.9. The highest BCUT2D eigenvalue weighted by Crippen LogP contribution is 2.46. The Bertz CT molecular complexity index is 1220. The lowest BCUT2D eigenvalue weighted by molar-refractivity contribution is -0.138. The maximum absolute atomic E-state index is 14.8. The summed E-state index contributed by atoms with van der Waals surface area (Å²) in [6, 6.07) is 12.7. The van der Waals surface area contributed by atoms with E-state index in [2.05, 4.69) is 0 Å². The van der Waals surface area contributed by atoms with Crippen molar-refractivity contribution in [2.75, 3.05) is 4.90 Å². The second-order valence-electron chi connectivity index (χ2n) is 7.22. The molecule has 32 heavy (non-hydrogen) atoms. The Morgan fingerprint density at radius 3 is 2.31 bits per heavy atom. The van der Waals surface area contributed by atoms with Crippen molar-refractivity contribution in [3.05, 3.63) is 93.8 Å². The first-order valence-electron chi connectivity index (χ1n) is 9.40. The van der Waals surface area contributed by atoms with E-state index < -0.39 is 41.8 Å². The molecule has 1 aliphatic rings. The van der Waals surface area contributed by atoms with Crippen LogP contribution in [0.1, 0.15) is 33.0 Å². The summed E-state index contributed by atoms with van der Waals surface area (Å²) in [6.07, 6.45) is -5.16. The van der Waals surface area contributed by atoms with E-state index in [9.17, 15) is 27.2 Å². The van der Waals surface area contributed by atoms with Crippen LogP contribution in [0.25, 0.3) is 0 Å². The Balaban J connectivity index is 1.81. The van der Waals surface area contributed by atoms with Crippen molar-refractivity contribution in [2.24, 2.45) is 0 Å². The molecular weight excluding hydrogens is 450 g/mol. The lowest BCUT2D eigenvalue weighted by Crippen LogP contribution is -2.25. The monoisotopic (exact) mass is 463 g/mol. The topological polar surface area (TPSA) is 57.6 Å². The van der Waals surface area contributed by atoms with Gasteiger partial charge in [-0.3, -0.25) is 9.69 Å². The fourth-order valence-electron chi connectivity index (χ4n) is 3.91. The van der Waals surface area contributed by atoms with E-state index in [1.807, 2.05) is 0 Å². The molecule has 0 saturated heterocycles. The third-order valence-electron chi connectivity index (χ3n) is 5.34. The molecule has 0 fully saturated rings. The molecule has 0 aromatic heterocycles. The summed E-state index contributed by atoms with van der Waals surface area (Å²) in [5.41, 5.74) is -0.874. The normalized spacial score (nSPS) is 15.7. The molecule has 0 aliphatic carbocycles. The number of fused-ring (bicyclic) bond motifs is 1. The maximum Gasteiger partial charge on any atom is 0.416 e. The smallest absolute Gasteiger partial charge is 0.416 e. The first-order valence-corrected chi connectivity index (χ1v) is 9.77. The zero-order valence-electron chi connectivity index (χ0n) is 16.2. The van der Waals surface area contributed by atoms with Crippen molar-refractivity contribution in [2.45, 2.75) is 18.5 Å². The average Bonchev–Trinajstić information content (AvgIpc) is 3.01. The van der Waals surface area contributed by atoms with E-state index in [1.54, 1.807) is 0 Å². The van der Waals surface area contributed by atoms with E-state index in [1.165, 1.54) is 47.4 Å². The second-order valence-corrected chi connectivity index (χ2v) is 7.63. The minimum absolute atomic E-state index is 0.0118. The van der Waals surface area contributed by atoms with Gasteiger partial charge >= 0.3 is 12.1 Å². The van der Waals surface area contributed by atoms with Crippen molar-refractivity contribution >= 4 is 34.9 Å². The molecule has 3 aromatic rings. The van der Waals surface area contributed by atoms with Crippen molar-refractivity contribution in [3.8, 4) is 0 Å². The van der Waals surface area contributed by atoms with Crippen LogP contribution in [0.5, 0.6) is 0 Å². The third kappa shape index (κ3) is 3.71. The number of nitrogens with zero attached hydrogens (tertiary/aromatic N) is 1. The van der Waals surface area contributed by atoms with Crippen LogP contribution in [0.4, 0.5) is 28.9 Å². The van der Waals surface area contributed by atoms with Gasteiger partial charge in [-0.25, -0.2) is 9.18 Å². The highest BCUT2D eigenvalue weighted by atomic mass is 35.5. The Labute approximate surface area is 184 Å². The molecule has 0 bridgehead atoms. The Kier molecular flexibility index (Phi) is 5.42. The number of carbonyl (C=O) groups is 2. The molecule has 1 heterocycles. The highest BCUT2D eigenvalue weighted by molar-refractivity contribution is 6.31. The van der Waals surface area contributed by atoms with Gasteiger partial charge in [0, 0.05) is 16.3 Å². The number of alkyl halides is 3. The number of hydrogen-bond donors (Lipinski definition) is 1. The summed E-state index contributed by atoms with van der Waals surface area (Å²) in [5, 5.41) is 8.91. The molecule has 1 atom stereocenters. The van der Waals surface area contributed by atoms with Gasteiger partial charge in [0.15, 0.2) is 0 Å². The van der Waals surface area contributed by atoms with Gasteiger partial charge in [0.2, 0.25) is 5.91 Å². The number of carbonyl (C=O) groups excluding carboxylic acids is 1. The van der Waals surface area contributed by atoms with Gasteiger partial charge in [0.1, 0.15) is 5.82 Å². The van der Waals surface area contributed by atoms with Crippen LogP contribution in [0.2, 0.25) is 5.02 Å². The summed E-state index contributed by atoms with van der Waals surface area (Å²) in [6.45, 7) is 0. The Morgan fingerprint density at radius 2 is 1.69 bits per heavy atom. The van der Waals surface area contributed by atoms with Crippen LogP contribution in [0, 0.1) is 5.82 Å². The Hall–Kier alpha value is -3.39. The van der Waals surface area contributed by atoms with Crippen LogP contribution < -0.4 is 4.90 Å². The zero-order chi connectivity index (χ0) is 23.2. The van der Waals surface area contributed by atoms with E-state index in [0.717, 1.165) is 18.2 Å². The van der Waals surface area contributed by atoms with Gasteiger partial charge in [0.05, 0.1) is 22.7 Å². The van der Waals surface area contributed by atoms with Crippen LogP contribution in [0.15, 0.2) is 60.7 Å². The molecule has 1 N–H and O–H groups in total. The van der Waals surface area contributed by atoms with Crippen LogP contribution in [0.3, 0.4) is 0 Å². The molecule has 1 amide bonds. The molecule has 0 radical (unpaired) electrons. The second kappa shape index (κ2) is 7.94. The molecule has 1 aliphatic heterocycles. The number of rotatable bonds is 4. The first-order chi connectivity index (χ1) is 15.1. The van der Waals surface area contributed by atoms with E-state index in [-0.39, 0.29) is 33.1 Å². The van der Waals surface area contributed by atoms with Crippen LogP contribution in [-0.4, -0.2) is 17.0 Å². The number of hydrogen-bond acceptors (Lipinski definition) is 2. The summed E-state index contributed by atoms with van der Waals surface area (Å²) in [5.74, 6) is -3.77. The predicted molar refractivity (Wildman–Crippen MR) is 110 cm³/mol. The van der Waals surface area contributed by atoms with Crippen LogP contribution in [-0.2, 0) is 17.4 Å². The first kappa shape index (κ1) is 21.8. The molecule has 1 unspecified atom stereocenters. The SMILES string of the molecule is O=C(O)c1ccc(N2C(=O)C(Cc3c(Cl)cccc3C(F)(F)F)c3c(F)cccc32)cc1. The lowest BCUT2D eigenvalue weighted by atomic mass is 9.90. The number of aromatic carboxylic acids is 1. The average molecular weight is 464 g/mol. The number of carboxylic acids is 1. The number of carboxylic acid groups (broad SMARTS) is 1. The quantitative estimate of drug-likeness (QED) is 0.469. The molecule has 0 spiro atoms. The summed E-state index contributed by atoms with van der Waals surface area (Å²) >= 11 is 6.05. The number of halogens is 5. The van der Waals surface area contributed by atoms with E-state index in [0.29, 0.717) is 0 Å². The summed E-state index contributed by atoms with van der Waals surface area (Å²) in [7, 11) is 0. The lowest BCUT2D eigenvalue weighted by Gasteiger charge is -2.19. The summed E-state index contributed by atoms with van der Waals surface area (Å²) in [4.78, 5) is 25.6. The predicted octanol–water partition coefficient (Wildman–Crippen LogP) is 6.20. The fraction of sp³-hybridized carbons (Fsp3) is 0.130. The van der Waals surface area contributed by atoms with Crippen molar-refractivity contribution in [1.29, 1.82) is 0 Å². The molecule has 4 nitrogen and oxygen atoms in total. The highest BCUT2D eigenvalue weighted by Gasteiger charge is 2.42. The number of benzene rings is 3. The van der Waals surface area contributed by atoms with Crippen molar-refractivity contribution in [3.63, 3.8) is 0 Å². The van der Waals surface area contributed by atoms with E-state index >= 15 is 0 Å². The van der Waals surface area contributed by atoms with Gasteiger partial charge in [-0.05, 0) is 60.5 Å². The molecule has 9 heteroatoms. The van der Waals surface area contributed by atoms with Crippen molar-refractivity contribution < 1.29 is 32.3 Å². The van der Waals surface area contributed by atoms with Gasteiger partial charge in [0.25, 0.3) is 0 Å². The van der Waals surface area contributed by atoms with Gasteiger partial charge in [-0.1, -0.05) is 23.7 Å². The van der Waals surface area contributed by atoms with Gasteiger partial charge < -0.3 is 5.11 Å². The van der Waals surface area contributed by atoms with E-state index in [4.69, 9.17) is 16.7 Å². The van der Waals surface area contributed by atoms with Crippen LogP contribution >= 0.6 is 11.6 Å². The summed E-state index contributed by atoms with van der Waals surface area (Å²) < 4.78 is 55.4.